The van der Waals surface area contributed by atoms with Crippen LogP contribution in [0.5, 0.6) is 0 Å². The molecular formula is C13H8BrF2NO2. The Bertz CT molecular complexity index is 623. The lowest BCUT2D eigenvalue weighted by molar-refractivity contribution is 0.0696. The SMILES string of the molecule is O=C(O)c1cc(F)c(Nc2cccc(Br)c2)c(F)c1. The maximum absolute atomic E-state index is 13.7. The molecule has 2 aromatic carbocycles. The number of benzene rings is 2. The molecule has 2 rings (SSSR count). The van der Waals surface area contributed by atoms with E-state index in [2.05, 4.69) is 21.2 Å². The van der Waals surface area contributed by atoms with Crippen LogP contribution in [0.3, 0.4) is 0 Å². The molecule has 0 saturated heterocycles. The van der Waals surface area contributed by atoms with E-state index in [1.807, 2.05) is 0 Å². The highest BCUT2D eigenvalue weighted by Crippen LogP contribution is 2.26. The molecule has 2 N–H and O–H groups in total. The molecule has 0 spiro atoms. The molecular weight excluding hydrogens is 320 g/mol. The Balaban J connectivity index is 2.38. The Kier molecular flexibility index (Phi) is 3.80. The summed E-state index contributed by atoms with van der Waals surface area (Å²) in [5.41, 5.74) is -0.340. The molecule has 0 heterocycles. The predicted octanol–water partition coefficient (Wildman–Crippen LogP) is 4.17. The molecule has 0 aromatic heterocycles. The molecule has 0 aliphatic rings. The number of anilines is 2. The lowest BCUT2D eigenvalue weighted by atomic mass is 10.2. The van der Waals surface area contributed by atoms with Gasteiger partial charge in [-0.3, -0.25) is 0 Å². The predicted molar refractivity (Wildman–Crippen MR) is 70.7 cm³/mol. The number of hydrogen-bond donors (Lipinski definition) is 2. The topological polar surface area (TPSA) is 49.3 Å². The molecule has 98 valence electrons. The van der Waals surface area contributed by atoms with Gasteiger partial charge in [0.05, 0.1) is 5.56 Å². The molecule has 19 heavy (non-hydrogen) atoms. The fourth-order valence-electron chi connectivity index (χ4n) is 1.53. The zero-order valence-corrected chi connectivity index (χ0v) is 11.0. The van der Waals surface area contributed by atoms with Crippen LogP contribution in [0.2, 0.25) is 0 Å². The van der Waals surface area contributed by atoms with E-state index in [1.165, 1.54) is 0 Å². The van der Waals surface area contributed by atoms with Crippen LogP contribution in [0.4, 0.5) is 20.2 Å². The first-order valence-corrected chi connectivity index (χ1v) is 6.01. The lowest BCUT2D eigenvalue weighted by Crippen LogP contribution is -2.03. The molecule has 6 heteroatoms. The maximum Gasteiger partial charge on any atom is 0.335 e. The summed E-state index contributed by atoms with van der Waals surface area (Å²) >= 11 is 3.24. The molecule has 0 bridgehead atoms. The van der Waals surface area contributed by atoms with Gasteiger partial charge >= 0.3 is 5.97 Å². The highest BCUT2D eigenvalue weighted by molar-refractivity contribution is 9.10. The van der Waals surface area contributed by atoms with Gasteiger partial charge in [-0.25, -0.2) is 13.6 Å². The summed E-state index contributed by atoms with van der Waals surface area (Å²) in [6, 6.07) is 8.29. The third-order valence-corrected chi connectivity index (χ3v) is 2.88. The van der Waals surface area contributed by atoms with E-state index in [1.54, 1.807) is 24.3 Å². The highest BCUT2D eigenvalue weighted by Gasteiger charge is 2.14. The molecule has 0 radical (unpaired) electrons. The van der Waals surface area contributed by atoms with Crippen LogP contribution in [0.15, 0.2) is 40.9 Å². The molecule has 0 atom stereocenters. The van der Waals surface area contributed by atoms with Crippen molar-refractivity contribution in [3.63, 3.8) is 0 Å². The first-order chi connectivity index (χ1) is 8.97. The minimum atomic E-state index is -1.38. The van der Waals surface area contributed by atoms with Gasteiger partial charge in [0.15, 0.2) is 11.6 Å². The number of carboxylic acids is 1. The van der Waals surface area contributed by atoms with Gasteiger partial charge in [0, 0.05) is 10.2 Å². The normalized spacial score (nSPS) is 10.3. The second-order valence-corrected chi connectivity index (χ2v) is 4.67. The van der Waals surface area contributed by atoms with Crippen molar-refractivity contribution in [3.8, 4) is 0 Å². The summed E-state index contributed by atoms with van der Waals surface area (Å²) in [5, 5.41) is 11.3. The molecule has 0 unspecified atom stereocenters. The van der Waals surface area contributed by atoms with E-state index in [4.69, 9.17) is 5.11 Å². The Labute approximate surface area is 116 Å². The van der Waals surface area contributed by atoms with Crippen LogP contribution >= 0.6 is 15.9 Å². The van der Waals surface area contributed by atoms with Crippen LogP contribution in [0.25, 0.3) is 0 Å². The van der Waals surface area contributed by atoms with Crippen molar-refractivity contribution >= 4 is 33.3 Å². The number of halogens is 3. The van der Waals surface area contributed by atoms with Gasteiger partial charge in [0.1, 0.15) is 5.69 Å². The summed E-state index contributed by atoms with van der Waals surface area (Å²) in [6.45, 7) is 0. The smallest absolute Gasteiger partial charge is 0.335 e. The maximum atomic E-state index is 13.7. The van der Waals surface area contributed by atoms with Gasteiger partial charge < -0.3 is 10.4 Å². The zero-order valence-electron chi connectivity index (χ0n) is 9.45. The first-order valence-electron chi connectivity index (χ1n) is 5.22. The van der Waals surface area contributed by atoms with Gasteiger partial charge in [-0.15, -0.1) is 0 Å². The molecule has 0 amide bonds. The zero-order chi connectivity index (χ0) is 14.0. The summed E-state index contributed by atoms with van der Waals surface area (Å²) < 4.78 is 28.1. The van der Waals surface area contributed by atoms with Gasteiger partial charge in [-0.05, 0) is 30.3 Å². The van der Waals surface area contributed by atoms with Crippen molar-refractivity contribution in [2.45, 2.75) is 0 Å². The quantitative estimate of drug-likeness (QED) is 0.889. The summed E-state index contributed by atoms with van der Waals surface area (Å²) in [5.74, 6) is -3.30. The van der Waals surface area contributed by atoms with Crippen molar-refractivity contribution in [2.75, 3.05) is 5.32 Å². The molecule has 0 aliphatic heterocycles. The molecule has 2 aromatic rings. The third-order valence-electron chi connectivity index (χ3n) is 2.38. The van der Waals surface area contributed by atoms with Crippen molar-refractivity contribution in [3.05, 3.63) is 58.1 Å². The van der Waals surface area contributed by atoms with Crippen molar-refractivity contribution < 1.29 is 18.7 Å². The fourth-order valence-corrected chi connectivity index (χ4v) is 1.93. The molecule has 0 aliphatic carbocycles. The van der Waals surface area contributed by atoms with Gasteiger partial charge in [-0.1, -0.05) is 22.0 Å². The molecule has 0 fully saturated rings. The van der Waals surface area contributed by atoms with E-state index in [-0.39, 0.29) is 5.69 Å². The largest absolute Gasteiger partial charge is 0.478 e. The highest BCUT2D eigenvalue weighted by atomic mass is 79.9. The number of carboxylic acid groups (broad SMARTS) is 1. The van der Waals surface area contributed by atoms with Crippen LogP contribution in [-0.2, 0) is 0 Å². The monoisotopic (exact) mass is 327 g/mol. The van der Waals surface area contributed by atoms with E-state index in [0.29, 0.717) is 5.69 Å². The second-order valence-electron chi connectivity index (χ2n) is 3.76. The minimum absolute atomic E-state index is 0.386. The minimum Gasteiger partial charge on any atom is -0.478 e. The number of aromatic carboxylic acids is 1. The lowest BCUT2D eigenvalue weighted by Gasteiger charge is -2.10. The number of nitrogens with one attached hydrogen (secondary N) is 1. The Morgan fingerprint density at radius 1 is 1.16 bits per heavy atom. The van der Waals surface area contributed by atoms with E-state index in [0.717, 1.165) is 16.6 Å². The van der Waals surface area contributed by atoms with Gasteiger partial charge in [-0.2, -0.15) is 0 Å². The average molecular weight is 328 g/mol. The van der Waals surface area contributed by atoms with Crippen LogP contribution < -0.4 is 5.32 Å². The van der Waals surface area contributed by atoms with Gasteiger partial charge in [0.25, 0.3) is 0 Å². The molecule has 3 nitrogen and oxygen atoms in total. The van der Waals surface area contributed by atoms with Crippen LogP contribution in [0, 0.1) is 11.6 Å². The average Bonchev–Trinajstić information content (AvgIpc) is 2.33. The number of rotatable bonds is 3. The van der Waals surface area contributed by atoms with Gasteiger partial charge in [0.2, 0.25) is 0 Å². The summed E-state index contributed by atoms with van der Waals surface area (Å²) in [7, 11) is 0. The summed E-state index contributed by atoms with van der Waals surface area (Å²) in [6.07, 6.45) is 0. The van der Waals surface area contributed by atoms with Crippen LogP contribution in [-0.4, -0.2) is 11.1 Å². The van der Waals surface area contributed by atoms with E-state index in [9.17, 15) is 13.6 Å². The number of carbonyl (C=O) groups is 1. The fraction of sp³-hybridized carbons (Fsp3) is 0. The third kappa shape index (κ3) is 3.08. The van der Waals surface area contributed by atoms with E-state index < -0.39 is 23.2 Å². The Morgan fingerprint density at radius 2 is 1.79 bits per heavy atom. The van der Waals surface area contributed by atoms with Crippen molar-refractivity contribution in [2.24, 2.45) is 0 Å². The van der Waals surface area contributed by atoms with Crippen molar-refractivity contribution in [1.82, 2.24) is 0 Å². The second kappa shape index (κ2) is 5.36. The first kappa shape index (κ1) is 13.5. The van der Waals surface area contributed by atoms with Crippen molar-refractivity contribution in [1.29, 1.82) is 0 Å². The molecule has 0 saturated carbocycles. The number of hydrogen-bond acceptors (Lipinski definition) is 2. The Hall–Kier alpha value is -1.95. The summed E-state index contributed by atoms with van der Waals surface area (Å²) in [4.78, 5) is 10.7. The Morgan fingerprint density at radius 3 is 2.32 bits per heavy atom. The standard InChI is InChI=1S/C13H8BrF2NO2/c14-8-2-1-3-9(6-8)17-12-10(15)4-7(13(18)19)5-11(12)16/h1-6,17H,(H,18,19). The van der Waals surface area contributed by atoms with Crippen LogP contribution in [0.1, 0.15) is 10.4 Å². The van der Waals surface area contributed by atoms with E-state index >= 15 is 0 Å².